The van der Waals surface area contributed by atoms with Gasteiger partial charge < -0.3 is 10.2 Å². The third-order valence-electron chi connectivity index (χ3n) is 5.25. The number of likely N-dealkylation sites (N-methyl/N-ethyl adjacent to an activating group) is 1. The fourth-order valence-corrected chi connectivity index (χ4v) is 3.71. The highest BCUT2D eigenvalue weighted by atomic mass is 16.2. The maximum atomic E-state index is 12.8. The Morgan fingerprint density at radius 3 is 3.00 bits per heavy atom. The minimum absolute atomic E-state index is 0.0231. The molecule has 1 fully saturated rings. The Balaban J connectivity index is 1.65. The summed E-state index contributed by atoms with van der Waals surface area (Å²) in [5, 5.41) is 7.52. The molecule has 3 heterocycles. The van der Waals surface area contributed by atoms with E-state index < -0.39 is 0 Å². The summed E-state index contributed by atoms with van der Waals surface area (Å²) in [6, 6.07) is 0.342. The second-order valence-corrected chi connectivity index (χ2v) is 6.75. The summed E-state index contributed by atoms with van der Waals surface area (Å²) in [5.41, 5.74) is 2.77. The van der Waals surface area contributed by atoms with E-state index in [0.29, 0.717) is 29.8 Å². The van der Waals surface area contributed by atoms with Crippen molar-refractivity contribution in [2.75, 3.05) is 20.1 Å². The number of fused-ring (bicyclic) bond motifs is 1. The van der Waals surface area contributed by atoms with Crippen molar-refractivity contribution in [3.63, 3.8) is 0 Å². The normalized spacial score (nSPS) is 19.4. The largest absolute Gasteiger partial charge is 0.337 e. The molecule has 4 rings (SSSR count). The Hall–Kier alpha value is -2.48. The third kappa shape index (κ3) is 2.66. The van der Waals surface area contributed by atoms with E-state index in [9.17, 15) is 9.59 Å². The average Bonchev–Trinajstić information content (AvgIpc) is 3.33. The first kappa shape index (κ1) is 16.0. The van der Waals surface area contributed by atoms with Crippen molar-refractivity contribution in [1.82, 2.24) is 30.0 Å². The summed E-state index contributed by atoms with van der Waals surface area (Å²) in [4.78, 5) is 34.2. The molecule has 0 saturated carbocycles. The maximum absolute atomic E-state index is 12.8. The summed E-state index contributed by atoms with van der Waals surface area (Å²) < 4.78 is 1.55. The van der Waals surface area contributed by atoms with Gasteiger partial charge in [0.2, 0.25) is 5.95 Å². The van der Waals surface area contributed by atoms with Crippen molar-refractivity contribution in [2.24, 2.45) is 0 Å². The monoisotopic (exact) mass is 342 g/mol. The molecule has 132 valence electrons. The van der Waals surface area contributed by atoms with Crippen LogP contribution in [0.2, 0.25) is 0 Å². The molecule has 0 radical (unpaired) electrons. The molecule has 1 saturated heterocycles. The maximum Gasteiger partial charge on any atom is 0.257 e. The van der Waals surface area contributed by atoms with Crippen LogP contribution in [0.1, 0.15) is 40.2 Å². The van der Waals surface area contributed by atoms with Crippen molar-refractivity contribution in [3.8, 4) is 5.95 Å². The van der Waals surface area contributed by atoms with Gasteiger partial charge in [-0.05, 0) is 39.7 Å². The van der Waals surface area contributed by atoms with E-state index in [-0.39, 0.29) is 11.5 Å². The number of aromatic nitrogens is 4. The number of aryl methyl sites for hydroxylation is 1. The number of nitrogens with one attached hydrogen (secondary N) is 2. The summed E-state index contributed by atoms with van der Waals surface area (Å²) in [7, 11) is 1.91. The zero-order chi connectivity index (χ0) is 17.6. The predicted molar refractivity (Wildman–Crippen MR) is 92.1 cm³/mol. The lowest BCUT2D eigenvalue weighted by Gasteiger charge is -2.16. The first-order valence-electron chi connectivity index (χ1n) is 8.72. The molecule has 1 amide bonds. The number of amides is 1. The molecule has 8 heteroatoms. The number of carbonyl (C=O) groups excluding carboxylic acids is 1. The standard InChI is InChI=1S/C17H22N6O2/c1-10-13(16(25)22-7-6-11(9-22)18-2)8-19-23(10)17-20-14-5-3-4-12(14)15(24)21-17/h8,11,18H,3-7,9H2,1-2H3,(H,20,21,24)/t11-/m1/s1. The van der Waals surface area contributed by atoms with Crippen LogP contribution in [0.3, 0.4) is 0 Å². The van der Waals surface area contributed by atoms with Gasteiger partial charge in [0.25, 0.3) is 11.5 Å². The third-order valence-corrected chi connectivity index (χ3v) is 5.25. The summed E-state index contributed by atoms with van der Waals surface area (Å²) in [5.74, 6) is 0.363. The fraction of sp³-hybridized carbons (Fsp3) is 0.529. The van der Waals surface area contributed by atoms with Crippen LogP contribution in [0.15, 0.2) is 11.0 Å². The van der Waals surface area contributed by atoms with E-state index in [1.807, 2.05) is 18.9 Å². The lowest BCUT2D eigenvalue weighted by Crippen LogP contribution is -2.33. The predicted octanol–water partition coefficient (Wildman–Crippen LogP) is 0.187. The summed E-state index contributed by atoms with van der Waals surface area (Å²) in [6.45, 7) is 3.27. The summed E-state index contributed by atoms with van der Waals surface area (Å²) in [6.07, 6.45) is 5.07. The molecule has 2 aromatic heterocycles. The lowest BCUT2D eigenvalue weighted by molar-refractivity contribution is 0.0789. The fourth-order valence-electron chi connectivity index (χ4n) is 3.71. The van der Waals surface area contributed by atoms with Gasteiger partial charge in [0.05, 0.1) is 23.1 Å². The molecule has 0 bridgehead atoms. The molecule has 0 spiro atoms. The van der Waals surface area contributed by atoms with E-state index in [1.54, 1.807) is 10.9 Å². The Labute approximate surface area is 145 Å². The SMILES string of the molecule is CN[C@@H]1CCN(C(=O)c2cnn(-c3nc4c(c(=O)[nH]3)CCC4)c2C)C1. The second-order valence-electron chi connectivity index (χ2n) is 6.75. The van der Waals surface area contributed by atoms with Gasteiger partial charge in [0, 0.05) is 24.7 Å². The first-order valence-corrected chi connectivity index (χ1v) is 8.72. The van der Waals surface area contributed by atoms with Crippen LogP contribution in [0, 0.1) is 6.92 Å². The highest BCUT2D eigenvalue weighted by Crippen LogP contribution is 2.19. The Morgan fingerprint density at radius 2 is 2.24 bits per heavy atom. The van der Waals surface area contributed by atoms with Gasteiger partial charge >= 0.3 is 0 Å². The molecule has 0 unspecified atom stereocenters. The van der Waals surface area contributed by atoms with Crippen LogP contribution in [-0.4, -0.2) is 56.7 Å². The zero-order valence-electron chi connectivity index (χ0n) is 14.5. The number of H-pyrrole nitrogens is 1. The Morgan fingerprint density at radius 1 is 1.40 bits per heavy atom. The molecule has 2 aliphatic rings. The van der Waals surface area contributed by atoms with Gasteiger partial charge in [-0.15, -0.1) is 0 Å². The van der Waals surface area contributed by atoms with E-state index >= 15 is 0 Å². The lowest BCUT2D eigenvalue weighted by atomic mass is 10.2. The van der Waals surface area contributed by atoms with Crippen molar-refractivity contribution in [1.29, 1.82) is 0 Å². The van der Waals surface area contributed by atoms with Crippen LogP contribution in [0.4, 0.5) is 0 Å². The van der Waals surface area contributed by atoms with Crippen molar-refractivity contribution >= 4 is 5.91 Å². The molecule has 1 aliphatic carbocycles. The molecule has 2 N–H and O–H groups in total. The van der Waals surface area contributed by atoms with E-state index in [0.717, 1.165) is 43.5 Å². The van der Waals surface area contributed by atoms with Gasteiger partial charge in [-0.25, -0.2) is 9.67 Å². The molecular weight excluding hydrogens is 320 g/mol. The van der Waals surface area contributed by atoms with Gasteiger partial charge in [0.15, 0.2) is 0 Å². The van der Waals surface area contributed by atoms with Gasteiger partial charge in [-0.2, -0.15) is 5.10 Å². The number of nitrogens with zero attached hydrogens (tertiary/aromatic N) is 4. The van der Waals surface area contributed by atoms with Crippen LogP contribution >= 0.6 is 0 Å². The number of likely N-dealkylation sites (tertiary alicyclic amines) is 1. The molecule has 2 aromatic rings. The number of aromatic amines is 1. The smallest absolute Gasteiger partial charge is 0.257 e. The second kappa shape index (κ2) is 6.11. The molecule has 8 nitrogen and oxygen atoms in total. The topological polar surface area (TPSA) is 95.9 Å². The van der Waals surface area contributed by atoms with Crippen LogP contribution in [0.5, 0.6) is 0 Å². The quantitative estimate of drug-likeness (QED) is 0.830. The number of rotatable bonds is 3. The van der Waals surface area contributed by atoms with E-state index in [4.69, 9.17) is 0 Å². The van der Waals surface area contributed by atoms with Gasteiger partial charge in [0.1, 0.15) is 0 Å². The van der Waals surface area contributed by atoms with Crippen molar-refractivity contribution in [3.05, 3.63) is 39.1 Å². The summed E-state index contributed by atoms with van der Waals surface area (Å²) >= 11 is 0. The molecule has 25 heavy (non-hydrogen) atoms. The van der Waals surface area contributed by atoms with E-state index in [1.165, 1.54) is 0 Å². The Bertz CT molecular complexity index is 884. The highest BCUT2D eigenvalue weighted by Gasteiger charge is 2.28. The molecule has 1 aliphatic heterocycles. The van der Waals surface area contributed by atoms with Gasteiger partial charge in [-0.1, -0.05) is 0 Å². The van der Waals surface area contributed by atoms with Crippen molar-refractivity contribution < 1.29 is 4.79 Å². The number of carbonyl (C=O) groups is 1. The number of hydrogen-bond donors (Lipinski definition) is 2. The van der Waals surface area contributed by atoms with E-state index in [2.05, 4.69) is 20.4 Å². The minimum atomic E-state index is -0.100. The zero-order valence-corrected chi connectivity index (χ0v) is 14.5. The van der Waals surface area contributed by atoms with Crippen molar-refractivity contribution in [2.45, 2.75) is 38.6 Å². The Kier molecular flexibility index (Phi) is 3.91. The number of hydrogen-bond acceptors (Lipinski definition) is 5. The molecular formula is C17H22N6O2. The molecule has 0 aromatic carbocycles. The minimum Gasteiger partial charge on any atom is -0.337 e. The van der Waals surface area contributed by atoms with Crippen LogP contribution in [-0.2, 0) is 12.8 Å². The van der Waals surface area contributed by atoms with Gasteiger partial charge in [-0.3, -0.25) is 14.6 Å². The first-order chi connectivity index (χ1) is 12.1. The highest BCUT2D eigenvalue weighted by molar-refractivity contribution is 5.95. The average molecular weight is 342 g/mol. The van der Waals surface area contributed by atoms with Crippen LogP contribution < -0.4 is 10.9 Å². The van der Waals surface area contributed by atoms with Crippen LogP contribution in [0.25, 0.3) is 5.95 Å². The molecule has 1 atom stereocenters.